The molecule has 0 radical (unpaired) electrons. The molecule has 2 aromatic rings. The summed E-state index contributed by atoms with van der Waals surface area (Å²) in [4.78, 5) is 12.4. The second kappa shape index (κ2) is 6.61. The van der Waals surface area contributed by atoms with Crippen LogP contribution in [0.4, 0.5) is 0 Å². The average Bonchev–Trinajstić information content (AvgIpc) is 2.53. The minimum Gasteiger partial charge on any atom is -0.497 e. The number of hydrogen-bond donors (Lipinski definition) is 1. The fourth-order valence-corrected chi connectivity index (χ4v) is 2.18. The molecule has 0 aromatic heterocycles. The normalized spacial score (nSPS) is 11.8. The van der Waals surface area contributed by atoms with E-state index in [1.807, 2.05) is 0 Å². The lowest BCUT2D eigenvalue weighted by atomic mass is 9.99. The van der Waals surface area contributed by atoms with Crippen molar-refractivity contribution in [2.75, 3.05) is 14.2 Å². The monoisotopic (exact) mass is 306 g/mol. The van der Waals surface area contributed by atoms with Gasteiger partial charge in [0.1, 0.15) is 17.6 Å². The lowest BCUT2D eigenvalue weighted by Crippen LogP contribution is -2.13. The lowest BCUT2D eigenvalue weighted by Gasteiger charge is -2.13. The summed E-state index contributed by atoms with van der Waals surface area (Å²) >= 11 is 6.01. The molecular formula is C16H15ClO4. The van der Waals surface area contributed by atoms with Crippen molar-refractivity contribution in [1.82, 2.24) is 0 Å². The first-order chi connectivity index (χ1) is 10.1. The Bertz CT molecular complexity index is 632. The summed E-state index contributed by atoms with van der Waals surface area (Å²) in [6.07, 6.45) is -1.34. The summed E-state index contributed by atoms with van der Waals surface area (Å²) < 4.78 is 10.2. The third-order valence-electron chi connectivity index (χ3n) is 3.08. The van der Waals surface area contributed by atoms with E-state index in [2.05, 4.69) is 0 Å². The summed E-state index contributed by atoms with van der Waals surface area (Å²) in [6, 6.07) is 11.4. The van der Waals surface area contributed by atoms with Crippen LogP contribution in [0.15, 0.2) is 42.5 Å². The van der Waals surface area contributed by atoms with E-state index in [-0.39, 0.29) is 0 Å². The Morgan fingerprint density at radius 3 is 2.19 bits per heavy atom. The molecule has 0 aliphatic rings. The predicted octanol–water partition coefficient (Wildman–Crippen LogP) is 3.27. The summed E-state index contributed by atoms with van der Waals surface area (Å²) in [7, 11) is 2.99. The van der Waals surface area contributed by atoms with E-state index in [0.717, 1.165) is 0 Å². The molecule has 0 amide bonds. The number of carbonyl (C=O) groups is 1. The van der Waals surface area contributed by atoms with Crippen LogP contribution in [0, 0.1) is 0 Å². The number of methoxy groups -OCH3 is 2. The molecule has 0 unspecified atom stereocenters. The van der Waals surface area contributed by atoms with Crippen LogP contribution < -0.4 is 9.47 Å². The number of carbonyl (C=O) groups excluding carboxylic acids is 1. The van der Waals surface area contributed by atoms with Gasteiger partial charge in [0.15, 0.2) is 5.78 Å². The first-order valence-corrected chi connectivity index (χ1v) is 6.64. The van der Waals surface area contributed by atoms with Gasteiger partial charge in [0.25, 0.3) is 0 Å². The highest BCUT2D eigenvalue weighted by atomic mass is 35.5. The van der Waals surface area contributed by atoms with Crippen LogP contribution in [0.25, 0.3) is 0 Å². The van der Waals surface area contributed by atoms with E-state index in [0.29, 0.717) is 27.6 Å². The number of aliphatic hydroxyl groups is 1. The fourth-order valence-electron chi connectivity index (χ4n) is 1.95. The molecule has 1 N–H and O–H groups in total. The van der Waals surface area contributed by atoms with Crippen molar-refractivity contribution in [3.8, 4) is 11.5 Å². The van der Waals surface area contributed by atoms with E-state index in [1.165, 1.54) is 14.2 Å². The summed E-state index contributed by atoms with van der Waals surface area (Å²) in [6.45, 7) is 0. The van der Waals surface area contributed by atoms with Crippen molar-refractivity contribution in [2.24, 2.45) is 0 Å². The van der Waals surface area contributed by atoms with Gasteiger partial charge < -0.3 is 14.6 Å². The van der Waals surface area contributed by atoms with Gasteiger partial charge in [-0.15, -0.1) is 0 Å². The molecule has 0 saturated heterocycles. The molecule has 0 saturated carbocycles. The number of rotatable bonds is 5. The van der Waals surface area contributed by atoms with Gasteiger partial charge in [0.2, 0.25) is 0 Å². The SMILES string of the molecule is COc1cc(OC)cc(C(=O)[C@H](O)c2ccccc2Cl)c1. The van der Waals surface area contributed by atoms with Gasteiger partial charge in [-0.3, -0.25) is 4.79 Å². The van der Waals surface area contributed by atoms with Crippen molar-refractivity contribution in [1.29, 1.82) is 0 Å². The molecule has 0 fully saturated rings. The molecule has 1 atom stereocenters. The highest BCUT2D eigenvalue weighted by Crippen LogP contribution is 2.29. The minimum absolute atomic E-state index is 0.290. The van der Waals surface area contributed by atoms with Gasteiger partial charge >= 0.3 is 0 Å². The molecule has 0 bridgehead atoms. The van der Waals surface area contributed by atoms with E-state index in [1.54, 1.807) is 42.5 Å². The zero-order valence-corrected chi connectivity index (χ0v) is 12.4. The van der Waals surface area contributed by atoms with Crippen molar-refractivity contribution in [3.05, 3.63) is 58.6 Å². The molecule has 110 valence electrons. The van der Waals surface area contributed by atoms with Gasteiger partial charge in [0.05, 0.1) is 14.2 Å². The van der Waals surface area contributed by atoms with Crippen LogP contribution in [0.5, 0.6) is 11.5 Å². The Morgan fingerprint density at radius 2 is 1.67 bits per heavy atom. The molecule has 2 aromatic carbocycles. The maximum absolute atomic E-state index is 12.4. The van der Waals surface area contributed by atoms with Crippen LogP contribution in [-0.4, -0.2) is 25.1 Å². The van der Waals surface area contributed by atoms with E-state index in [9.17, 15) is 9.90 Å². The topological polar surface area (TPSA) is 55.8 Å². The standard InChI is InChI=1S/C16H15ClO4/c1-20-11-7-10(8-12(9-11)21-2)15(18)16(19)13-5-3-4-6-14(13)17/h3-9,16,19H,1-2H3/t16-/m1/s1. The van der Waals surface area contributed by atoms with Crippen LogP contribution in [0.3, 0.4) is 0 Å². The lowest BCUT2D eigenvalue weighted by molar-refractivity contribution is 0.0747. The predicted molar refractivity (Wildman–Crippen MR) is 80.3 cm³/mol. The average molecular weight is 307 g/mol. The first kappa shape index (κ1) is 15.4. The van der Waals surface area contributed by atoms with E-state index < -0.39 is 11.9 Å². The Kier molecular flexibility index (Phi) is 4.83. The zero-order chi connectivity index (χ0) is 15.4. The zero-order valence-electron chi connectivity index (χ0n) is 11.7. The molecule has 2 rings (SSSR count). The van der Waals surface area contributed by atoms with Gasteiger partial charge in [-0.25, -0.2) is 0 Å². The Hall–Kier alpha value is -2.04. The Balaban J connectivity index is 2.37. The molecular weight excluding hydrogens is 292 g/mol. The van der Waals surface area contributed by atoms with Gasteiger partial charge in [-0.1, -0.05) is 29.8 Å². The second-order valence-corrected chi connectivity index (χ2v) is 4.80. The second-order valence-electron chi connectivity index (χ2n) is 4.39. The van der Waals surface area contributed by atoms with Crippen LogP contribution in [0.2, 0.25) is 5.02 Å². The molecule has 5 heteroatoms. The van der Waals surface area contributed by atoms with Crippen molar-refractivity contribution in [2.45, 2.75) is 6.10 Å². The third kappa shape index (κ3) is 3.35. The molecule has 0 aliphatic heterocycles. The Morgan fingerprint density at radius 1 is 1.10 bits per heavy atom. The largest absolute Gasteiger partial charge is 0.497 e. The van der Waals surface area contributed by atoms with Crippen molar-refractivity contribution < 1.29 is 19.4 Å². The van der Waals surface area contributed by atoms with E-state index >= 15 is 0 Å². The van der Waals surface area contributed by atoms with Crippen molar-refractivity contribution >= 4 is 17.4 Å². The van der Waals surface area contributed by atoms with Crippen molar-refractivity contribution in [3.63, 3.8) is 0 Å². The number of halogens is 1. The van der Waals surface area contributed by atoms with Gasteiger partial charge in [-0.2, -0.15) is 0 Å². The molecule has 0 aliphatic carbocycles. The molecule has 4 nitrogen and oxygen atoms in total. The Labute approximate surface area is 127 Å². The number of Topliss-reactive ketones (excluding diaryl/α,β-unsaturated/α-hetero) is 1. The number of ether oxygens (including phenoxy) is 2. The quantitative estimate of drug-likeness (QED) is 0.861. The van der Waals surface area contributed by atoms with Crippen LogP contribution in [0.1, 0.15) is 22.0 Å². The summed E-state index contributed by atoms with van der Waals surface area (Å²) in [5.41, 5.74) is 0.657. The number of benzene rings is 2. The highest BCUT2D eigenvalue weighted by molar-refractivity contribution is 6.31. The number of hydrogen-bond acceptors (Lipinski definition) is 4. The van der Waals surface area contributed by atoms with Crippen LogP contribution >= 0.6 is 11.6 Å². The molecule has 0 heterocycles. The van der Waals surface area contributed by atoms with Crippen LogP contribution in [-0.2, 0) is 0 Å². The smallest absolute Gasteiger partial charge is 0.196 e. The maximum atomic E-state index is 12.4. The van der Waals surface area contributed by atoms with Gasteiger partial charge in [-0.05, 0) is 18.2 Å². The number of ketones is 1. The molecule has 21 heavy (non-hydrogen) atoms. The maximum Gasteiger partial charge on any atom is 0.196 e. The number of aliphatic hydroxyl groups excluding tert-OH is 1. The minimum atomic E-state index is -1.34. The van der Waals surface area contributed by atoms with Gasteiger partial charge in [0, 0.05) is 22.2 Å². The fraction of sp³-hybridized carbons (Fsp3) is 0.188. The highest BCUT2D eigenvalue weighted by Gasteiger charge is 2.22. The summed E-state index contributed by atoms with van der Waals surface area (Å²) in [5.74, 6) is 0.480. The molecule has 0 spiro atoms. The van der Waals surface area contributed by atoms with E-state index in [4.69, 9.17) is 21.1 Å². The first-order valence-electron chi connectivity index (χ1n) is 6.26. The third-order valence-corrected chi connectivity index (χ3v) is 3.43. The summed E-state index contributed by atoms with van der Waals surface area (Å²) in [5, 5.41) is 10.6.